The third-order valence-electron chi connectivity index (χ3n) is 15.1. The quantitative estimate of drug-likeness (QED) is 0.0261. The molecule has 466 valence electrons. The number of allylic oxidation sites excluding steroid dienone is 16. The van der Waals surface area contributed by atoms with Crippen LogP contribution in [0.4, 0.5) is 0 Å². The van der Waals surface area contributed by atoms with Gasteiger partial charge in [-0.1, -0.05) is 323 Å². The first kappa shape index (κ1) is 77.3. The monoisotopic (exact) mass is 1130 g/mol. The van der Waals surface area contributed by atoms with Gasteiger partial charge in [-0.25, -0.2) is 0 Å². The molecule has 0 heterocycles. The Hall–Kier alpha value is -3.67. The smallest absolute Gasteiger partial charge is 0.306 e. The first-order valence-electron chi connectivity index (χ1n) is 34.7. The minimum absolute atomic E-state index is 0.0841. The maximum atomic E-state index is 12.9. The van der Waals surface area contributed by atoms with Crippen LogP contribution in [0, 0.1) is 0 Å². The van der Waals surface area contributed by atoms with Gasteiger partial charge in [-0.05, 0) is 96.3 Å². The Balaban J connectivity index is 4.26. The van der Waals surface area contributed by atoms with Crippen LogP contribution in [0.2, 0.25) is 0 Å². The van der Waals surface area contributed by atoms with Gasteiger partial charge in [-0.2, -0.15) is 0 Å². The summed E-state index contributed by atoms with van der Waals surface area (Å²) in [6.45, 7) is 6.43. The number of carbonyl (C=O) groups is 3. The normalized spacial score (nSPS) is 12.7. The van der Waals surface area contributed by atoms with E-state index in [-0.39, 0.29) is 31.1 Å². The molecule has 0 fully saturated rings. The van der Waals surface area contributed by atoms with Gasteiger partial charge in [0.1, 0.15) is 13.2 Å². The van der Waals surface area contributed by atoms with Crippen LogP contribution in [0.5, 0.6) is 0 Å². The summed E-state index contributed by atoms with van der Waals surface area (Å²) in [4.78, 5) is 38.4. The van der Waals surface area contributed by atoms with E-state index < -0.39 is 6.10 Å². The SMILES string of the molecule is CC/C=C\C/C=C\C/C=C\C/C=C\C/C=C\CCCCCCCCCCCCCCCC(=O)OCC(COC(=O)CCCCC/C=C\C/C=C\C/C=C\CC)OC(=O)CCCCCCCCCCCCCCCCCCCCCCC. The van der Waals surface area contributed by atoms with Gasteiger partial charge in [0.05, 0.1) is 0 Å². The number of hydrogen-bond donors (Lipinski definition) is 0. The molecule has 0 N–H and O–H groups in total. The van der Waals surface area contributed by atoms with Gasteiger partial charge in [0.2, 0.25) is 0 Å². The van der Waals surface area contributed by atoms with E-state index >= 15 is 0 Å². The number of esters is 3. The van der Waals surface area contributed by atoms with E-state index in [1.165, 1.54) is 186 Å². The molecular formula is C75H130O6. The Morgan fingerprint density at radius 2 is 0.481 bits per heavy atom. The Kier molecular flexibility index (Phi) is 65.7. The van der Waals surface area contributed by atoms with Crippen LogP contribution in [0.3, 0.4) is 0 Å². The molecule has 0 rings (SSSR count). The number of unbranched alkanes of at least 4 members (excludes halogenated alkanes) is 36. The molecule has 1 atom stereocenters. The predicted octanol–water partition coefficient (Wildman–Crippen LogP) is 24.0. The first-order chi connectivity index (χ1) is 40.0. The minimum Gasteiger partial charge on any atom is -0.462 e. The lowest BCUT2D eigenvalue weighted by atomic mass is 10.0. The molecule has 0 aliphatic carbocycles. The number of rotatable bonds is 63. The van der Waals surface area contributed by atoms with Crippen molar-refractivity contribution in [1.82, 2.24) is 0 Å². The maximum absolute atomic E-state index is 12.9. The number of carbonyl (C=O) groups excluding carboxylic acids is 3. The van der Waals surface area contributed by atoms with Crippen molar-refractivity contribution in [2.45, 2.75) is 348 Å². The van der Waals surface area contributed by atoms with E-state index in [2.05, 4.69) is 118 Å². The molecule has 0 radical (unpaired) electrons. The molecule has 0 aliphatic heterocycles. The molecule has 81 heavy (non-hydrogen) atoms. The van der Waals surface area contributed by atoms with Crippen molar-refractivity contribution in [1.29, 1.82) is 0 Å². The van der Waals surface area contributed by atoms with E-state index in [1.807, 2.05) is 0 Å². The third kappa shape index (κ3) is 67.0. The summed E-state index contributed by atoms with van der Waals surface area (Å²) in [7, 11) is 0. The molecule has 0 aromatic rings. The van der Waals surface area contributed by atoms with Gasteiger partial charge in [0.25, 0.3) is 0 Å². The summed E-state index contributed by atoms with van der Waals surface area (Å²) in [5.41, 5.74) is 0. The molecule has 0 bridgehead atoms. The van der Waals surface area contributed by atoms with Crippen molar-refractivity contribution in [2.75, 3.05) is 13.2 Å². The Morgan fingerprint density at radius 3 is 0.765 bits per heavy atom. The van der Waals surface area contributed by atoms with Crippen LogP contribution < -0.4 is 0 Å². The Bertz CT molecular complexity index is 1580. The molecule has 0 aromatic heterocycles. The molecule has 0 saturated carbocycles. The molecule has 1 unspecified atom stereocenters. The summed E-state index contributed by atoms with van der Waals surface area (Å²) >= 11 is 0. The highest BCUT2D eigenvalue weighted by Crippen LogP contribution is 2.18. The van der Waals surface area contributed by atoms with Crippen molar-refractivity contribution in [3.8, 4) is 0 Å². The first-order valence-corrected chi connectivity index (χ1v) is 34.7. The van der Waals surface area contributed by atoms with Crippen LogP contribution >= 0.6 is 0 Å². The van der Waals surface area contributed by atoms with E-state index in [1.54, 1.807) is 0 Å². The van der Waals surface area contributed by atoms with Crippen molar-refractivity contribution < 1.29 is 28.6 Å². The lowest BCUT2D eigenvalue weighted by Gasteiger charge is -2.18. The lowest BCUT2D eigenvalue weighted by molar-refractivity contribution is -0.167. The maximum Gasteiger partial charge on any atom is 0.306 e. The Morgan fingerprint density at radius 1 is 0.259 bits per heavy atom. The van der Waals surface area contributed by atoms with E-state index in [9.17, 15) is 14.4 Å². The van der Waals surface area contributed by atoms with Crippen LogP contribution in [0.1, 0.15) is 342 Å². The largest absolute Gasteiger partial charge is 0.462 e. The van der Waals surface area contributed by atoms with Crippen molar-refractivity contribution >= 4 is 17.9 Å². The van der Waals surface area contributed by atoms with Gasteiger partial charge in [0.15, 0.2) is 6.10 Å². The second-order valence-corrected chi connectivity index (χ2v) is 23.0. The van der Waals surface area contributed by atoms with Crippen LogP contribution in [-0.4, -0.2) is 37.2 Å². The molecule has 0 saturated heterocycles. The summed E-state index contributed by atoms with van der Waals surface area (Å²) in [5, 5.41) is 0. The fraction of sp³-hybridized carbons (Fsp3) is 0.747. The standard InChI is InChI=1S/C75H130O6/c1-4-7-10-13-16-19-22-25-27-29-31-33-34-35-36-37-38-39-40-42-43-45-47-50-53-56-59-62-65-68-74(77)80-71-72(70-79-73(76)67-64-61-58-55-52-49-24-21-18-15-12-9-6-3)81-75(78)69-66-63-60-57-54-51-48-46-44-41-32-30-28-26-23-20-17-14-11-8-5-2/h7,9-10,12,16,18-19,21,25,27,31,33,35-36,49,52,72H,4-6,8,11,13-15,17,20,22-24,26,28-30,32,34,37-48,50-51,53-71H2,1-3H3/b10-7-,12-9-,19-16-,21-18-,27-25-,33-31-,36-35-,52-49-. The van der Waals surface area contributed by atoms with Crippen molar-refractivity contribution in [2.24, 2.45) is 0 Å². The van der Waals surface area contributed by atoms with Gasteiger partial charge in [-0.15, -0.1) is 0 Å². The number of ether oxygens (including phenoxy) is 3. The van der Waals surface area contributed by atoms with Crippen LogP contribution in [0.15, 0.2) is 97.2 Å². The van der Waals surface area contributed by atoms with Gasteiger partial charge in [0, 0.05) is 19.3 Å². The highest BCUT2D eigenvalue weighted by Gasteiger charge is 2.19. The molecule has 0 aliphatic rings. The predicted molar refractivity (Wildman–Crippen MR) is 353 cm³/mol. The second kappa shape index (κ2) is 68.8. The van der Waals surface area contributed by atoms with E-state index in [0.717, 1.165) is 116 Å². The summed E-state index contributed by atoms with van der Waals surface area (Å²) in [6.07, 6.45) is 93.0. The third-order valence-corrected chi connectivity index (χ3v) is 15.1. The average molecular weight is 1130 g/mol. The average Bonchev–Trinajstić information content (AvgIpc) is 3.46. The Labute approximate surface area is 502 Å². The summed E-state index contributed by atoms with van der Waals surface area (Å²) < 4.78 is 16.9. The molecule has 0 aromatic carbocycles. The van der Waals surface area contributed by atoms with Crippen molar-refractivity contribution in [3.63, 3.8) is 0 Å². The molecule has 0 amide bonds. The van der Waals surface area contributed by atoms with Gasteiger partial charge < -0.3 is 14.2 Å². The summed E-state index contributed by atoms with van der Waals surface area (Å²) in [6, 6.07) is 0. The minimum atomic E-state index is -0.789. The molecule has 6 nitrogen and oxygen atoms in total. The fourth-order valence-corrected chi connectivity index (χ4v) is 9.96. The topological polar surface area (TPSA) is 78.9 Å². The van der Waals surface area contributed by atoms with E-state index in [0.29, 0.717) is 19.3 Å². The van der Waals surface area contributed by atoms with Crippen molar-refractivity contribution in [3.05, 3.63) is 97.2 Å². The number of hydrogen-bond acceptors (Lipinski definition) is 6. The summed E-state index contributed by atoms with van der Waals surface area (Å²) in [5.74, 6) is -0.899. The van der Waals surface area contributed by atoms with E-state index in [4.69, 9.17) is 14.2 Å². The fourth-order valence-electron chi connectivity index (χ4n) is 9.96. The molecular weight excluding hydrogens is 997 g/mol. The lowest BCUT2D eigenvalue weighted by Crippen LogP contribution is -2.30. The van der Waals surface area contributed by atoms with Gasteiger partial charge >= 0.3 is 17.9 Å². The van der Waals surface area contributed by atoms with Gasteiger partial charge in [-0.3, -0.25) is 14.4 Å². The zero-order valence-electron chi connectivity index (χ0n) is 53.5. The van der Waals surface area contributed by atoms with Crippen LogP contribution in [0.25, 0.3) is 0 Å². The zero-order valence-corrected chi connectivity index (χ0v) is 53.5. The zero-order chi connectivity index (χ0) is 58.5. The highest BCUT2D eigenvalue weighted by molar-refractivity contribution is 5.71. The highest BCUT2D eigenvalue weighted by atomic mass is 16.6. The molecule has 0 spiro atoms. The second-order valence-electron chi connectivity index (χ2n) is 23.0. The molecule has 6 heteroatoms. The van der Waals surface area contributed by atoms with Crippen LogP contribution in [-0.2, 0) is 28.6 Å².